The lowest BCUT2D eigenvalue weighted by atomic mass is 9.96. The smallest absolute Gasteiger partial charge is 0.303 e. The van der Waals surface area contributed by atoms with Gasteiger partial charge in [-0.2, -0.15) is 0 Å². The third-order valence-corrected chi connectivity index (χ3v) is 2.30. The fourth-order valence-corrected chi connectivity index (χ4v) is 1.55. The molecule has 1 atom stereocenters. The van der Waals surface area contributed by atoms with Crippen LogP contribution in [0.4, 0.5) is 5.69 Å². The van der Waals surface area contributed by atoms with Gasteiger partial charge in [-0.15, -0.1) is 0 Å². The standard InChI is InChI=1S/C10H12ClNO2/c1-6(4-10(13)14)8-3-2-7(11)5-9(8)12/h2-3,5-6H,4,12H2,1H3,(H,13,14). The molecular weight excluding hydrogens is 202 g/mol. The molecule has 0 heterocycles. The van der Waals surface area contributed by atoms with Gasteiger partial charge in [0.05, 0.1) is 6.42 Å². The maximum Gasteiger partial charge on any atom is 0.303 e. The van der Waals surface area contributed by atoms with E-state index in [-0.39, 0.29) is 12.3 Å². The Morgan fingerprint density at radius 2 is 2.29 bits per heavy atom. The summed E-state index contributed by atoms with van der Waals surface area (Å²) in [5.74, 6) is -0.920. The van der Waals surface area contributed by atoms with Gasteiger partial charge in [-0.05, 0) is 23.6 Å². The van der Waals surface area contributed by atoms with E-state index in [0.29, 0.717) is 10.7 Å². The van der Waals surface area contributed by atoms with E-state index < -0.39 is 5.97 Å². The molecule has 0 aliphatic rings. The number of benzene rings is 1. The van der Waals surface area contributed by atoms with Crippen molar-refractivity contribution >= 4 is 23.3 Å². The minimum absolute atomic E-state index is 0.0752. The van der Waals surface area contributed by atoms with Crippen molar-refractivity contribution in [3.63, 3.8) is 0 Å². The molecule has 4 heteroatoms. The number of hydrogen-bond donors (Lipinski definition) is 2. The zero-order valence-electron chi connectivity index (χ0n) is 7.83. The summed E-state index contributed by atoms with van der Waals surface area (Å²) >= 11 is 5.73. The second kappa shape index (κ2) is 4.33. The zero-order chi connectivity index (χ0) is 10.7. The predicted molar refractivity (Wildman–Crippen MR) is 56.5 cm³/mol. The number of nitrogens with two attached hydrogens (primary N) is 1. The van der Waals surface area contributed by atoms with Crippen LogP contribution in [0.15, 0.2) is 18.2 Å². The first kappa shape index (κ1) is 10.9. The van der Waals surface area contributed by atoms with Crippen LogP contribution in [0.5, 0.6) is 0 Å². The van der Waals surface area contributed by atoms with Crippen molar-refractivity contribution < 1.29 is 9.90 Å². The largest absolute Gasteiger partial charge is 0.481 e. The topological polar surface area (TPSA) is 63.3 Å². The lowest BCUT2D eigenvalue weighted by Crippen LogP contribution is -2.05. The number of anilines is 1. The Hall–Kier alpha value is -1.22. The van der Waals surface area contributed by atoms with Crippen LogP contribution in [-0.4, -0.2) is 11.1 Å². The first-order valence-corrected chi connectivity index (χ1v) is 4.65. The lowest BCUT2D eigenvalue weighted by Gasteiger charge is -2.12. The molecule has 1 aromatic rings. The fourth-order valence-electron chi connectivity index (χ4n) is 1.37. The van der Waals surface area contributed by atoms with Gasteiger partial charge in [0.2, 0.25) is 0 Å². The lowest BCUT2D eigenvalue weighted by molar-refractivity contribution is -0.137. The summed E-state index contributed by atoms with van der Waals surface area (Å²) in [6.45, 7) is 1.83. The van der Waals surface area contributed by atoms with Crippen LogP contribution in [0.3, 0.4) is 0 Å². The maximum atomic E-state index is 10.5. The molecule has 1 rings (SSSR count). The van der Waals surface area contributed by atoms with E-state index in [1.165, 1.54) is 0 Å². The van der Waals surface area contributed by atoms with Crippen LogP contribution in [-0.2, 0) is 4.79 Å². The molecule has 14 heavy (non-hydrogen) atoms. The SMILES string of the molecule is CC(CC(=O)O)c1ccc(Cl)cc1N. The highest BCUT2D eigenvalue weighted by Gasteiger charge is 2.12. The molecule has 1 unspecified atom stereocenters. The van der Waals surface area contributed by atoms with E-state index in [1.807, 2.05) is 6.92 Å². The minimum Gasteiger partial charge on any atom is -0.481 e. The maximum absolute atomic E-state index is 10.5. The van der Waals surface area contributed by atoms with Gasteiger partial charge < -0.3 is 10.8 Å². The molecule has 0 radical (unpaired) electrons. The molecule has 0 amide bonds. The molecule has 0 saturated heterocycles. The second-order valence-electron chi connectivity index (χ2n) is 3.27. The summed E-state index contributed by atoms with van der Waals surface area (Å²) in [7, 11) is 0. The highest BCUT2D eigenvalue weighted by Crippen LogP contribution is 2.27. The minimum atomic E-state index is -0.827. The van der Waals surface area contributed by atoms with E-state index in [9.17, 15) is 4.79 Å². The monoisotopic (exact) mass is 213 g/mol. The molecular formula is C10H12ClNO2. The van der Waals surface area contributed by atoms with Crippen molar-refractivity contribution in [3.8, 4) is 0 Å². The first-order valence-electron chi connectivity index (χ1n) is 4.27. The molecule has 0 spiro atoms. The first-order chi connectivity index (χ1) is 6.50. The number of carbonyl (C=O) groups is 1. The van der Waals surface area contributed by atoms with Crippen molar-refractivity contribution in [2.45, 2.75) is 19.3 Å². The molecule has 0 aliphatic heterocycles. The van der Waals surface area contributed by atoms with Gasteiger partial charge in [-0.25, -0.2) is 0 Å². The quantitative estimate of drug-likeness (QED) is 0.759. The van der Waals surface area contributed by atoms with Crippen molar-refractivity contribution in [1.82, 2.24) is 0 Å². The Morgan fingerprint density at radius 1 is 1.64 bits per heavy atom. The average molecular weight is 214 g/mol. The van der Waals surface area contributed by atoms with Crippen LogP contribution >= 0.6 is 11.6 Å². The van der Waals surface area contributed by atoms with E-state index in [4.69, 9.17) is 22.4 Å². The molecule has 0 aliphatic carbocycles. The number of nitrogen functional groups attached to an aromatic ring is 1. The Morgan fingerprint density at radius 3 is 2.79 bits per heavy atom. The number of hydrogen-bond acceptors (Lipinski definition) is 2. The predicted octanol–water partition coefficient (Wildman–Crippen LogP) is 2.50. The van der Waals surface area contributed by atoms with Crippen LogP contribution in [0.1, 0.15) is 24.8 Å². The van der Waals surface area contributed by atoms with Crippen LogP contribution in [0.2, 0.25) is 5.02 Å². The van der Waals surface area contributed by atoms with Crippen LogP contribution in [0.25, 0.3) is 0 Å². The molecule has 0 fully saturated rings. The van der Waals surface area contributed by atoms with Gasteiger partial charge in [0.1, 0.15) is 0 Å². The Labute approximate surface area is 87.5 Å². The van der Waals surface area contributed by atoms with Crippen molar-refractivity contribution in [1.29, 1.82) is 0 Å². The number of carboxylic acids is 1. The summed E-state index contributed by atoms with van der Waals surface area (Å²) in [6.07, 6.45) is 0.0752. The van der Waals surface area contributed by atoms with E-state index in [2.05, 4.69) is 0 Å². The van der Waals surface area contributed by atoms with Gasteiger partial charge in [0, 0.05) is 10.7 Å². The van der Waals surface area contributed by atoms with Crippen molar-refractivity contribution in [2.75, 3.05) is 5.73 Å². The van der Waals surface area contributed by atoms with Gasteiger partial charge in [0.15, 0.2) is 0 Å². The summed E-state index contributed by atoms with van der Waals surface area (Å²) < 4.78 is 0. The van der Waals surface area contributed by atoms with Crippen LogP contribution in [0, 0.1) is 0 Å². The van der Waals surface area contributed by atoms with Crippen molar-refractivity contribution in [3.05, 3.63) is 28.8 Å². The summed E-state index contributed by atoms with van der Waals surface area (Å²) in [5.41, 5.74) is 7.10. The zero-order valence-corrected chi connectivity index (χ0v) is 8.58. The fraction of sp³-hybridized carbons (Fsp3) is 0.300. The average Bonchev–Trinajstić information content (AvgIpc) is 2.01. The molecule has 1 aromatic carbocycles. The molecule has 0 aromatic heterocycles. The number of rotatable bonds is 3. The molecule has 3 N–H and O–H groups in total. The normalized spacial score (nSPS) is 12.4. The highest BCUT2D eigenvalue weighted by atomic mass is 35.5. The van der Waals surface area contributed by atoms with Gasteiger partial charge in [0.25, 0.3) is 0 Å². The third kappa shape index (κ3) is 2.64. The molecule has 3 nitrogen and oxygen atoms in total. The third-order valence-electron chi connectivity index (χ3n) is 2.06. The second-order valence-corrected chi connectivity index (χ2v) is 3.71. The van der Waals surface area contributed by atoms with Gasteiger partial charge >= 0.3 is 5.97 Å². The molecule has 76 valence electrons. The molecule has 0 bridgehead atoms. The van der Waals surface area contributed by atoms with E-state index in [1.54, 1.807) is 18.2 Å². The highest BCUT2D eigenvalue weighted by molar-refractivity contribution is 6.30. The Kier molecular flexibility index (Phi) is 3.36. The Bertz CT molecular complexity index is 352. The summed E-state index contributed by atoms with van der Waals surface area (Å²) in [6, 6.07) is 5.12. The van der Waals surface area contributed by atoms with Crippen LogP contribution < -0.4 is 5.73 Å². The number of carboxylic acid groups (broad SMARTS) is 1. The molecule has 0 saturated carbocycles. The number of halogens is 1. The van der Waals surface area contributed by atoms with Gasteiger partial charge in [-0.1, -0.05) is 24.6 Å². The van der Waals surface area contributed by atoms with E-state index >= 15 is 0 Å². The van der Waals surface area contributed by atoms with Crippen molar-refractivity contribution in [2.24, 2.45) is 0 Å². The number of aliphatic carboxylic acids is 1. The summed E-state index contributed by atoms with van der Waals surface area (Å²) in [5, 5.41) is 9.19. The van der Waals surface area contributed by atoms with E-state index in [0.717, 1.165) is 5.56 Å². The van der Waals surface area contributed by atoms with Gasteiger partial charge in [-0.3, -0.25) is 4.79 Å². The Balaban J connectivity index is 2.90. The summed E-state index contributed by atoms with van der Waals surface area (Å²) in [4.78, 5) is 10.5.